The van der Waals surface area contributed by atoms with Gasteiger partial charge in [0.2, 0.25) is 0 Å². The molecule has 0 unspecified atom stereocenters. The monoisotopic (exact) mass is 332 g/mol. The van der Waals surface area contributed by atoms with Gasteiger partial charge in [0.25, 0.3) is 5.91 Å². The maximum Gasteiger partial charge on any atom is 0.256 e. The lowest BCUT2D eigenvalue weighted by Gasteiger charge is -2.05. The van der Waals surface area contributed by atoms with Crippen molar-refractivity contribution in [3.05, 3.63) is 82.8 Å². The number of hydrogen-bond donors (Lipinski definition) is 2. The molecule has 3 aromatic rings. The average molecular weight is 332 g/mol. The predicted octanol–water partition coefficient (Wildman–Crippen LogP) is 3.10. The SMILES string of the molecule is Cc1cccc(Cn2cnc(NC(=O)c3ccc4c(c3)CNC4)c2)c1. The summed E-state index contributed by atoms with van der Waals surface area (Å²) >= 11 is 0. The summed E-state index contributed by atoms with van der Waals surface area (Å²) in [6, 6.07) is 14.2. The smallest absolute Gasteiger partial charge is 0.256 e. The van der Waals surface area contributed by atoms with Crippen LogP contribution in [-0.4, -0.2) is 15.5 Å². The van der Waals surface area contributed by atoms with E-state index in [2.05, 4.69) is 40.7 Å². The van der Waals surface area contributed by atoms with Crippen molar-refractivity contribution < 1.29 is 4.79 Å². The number of hydrogen-bond acceptors (Lipinski definition) is 3. The van der Waals surface area contributed by atoms with Crippen molar-refractivity contribution in [3.8, 4) is 0 Å². The van der Waals surface area contributed by atoms with E-state index in [4.69, 9.17) is 0 Å². The number of aryl methyl sites for hydroxylation is 1. The van der Waals surface area contributed by atoms with E-state index in [1.807, 2.05) is 35.0 Å². The minimum Gasteiger partial charge on any atom is -0.331 e. The first-order valence-electron chi connectivity index (χ1n) is 8.38. The minimum atomic E-state index is -0.129. The molecule has 126 valence electrons. The van der Waals surface area contributed by atoms with Gasteiger partial charge in [-0.1, -0.05) is 35.9 Å². The third kappa shape index (κ3) is 3.46. The molecule has 0 fully saturated rings. The van der Waals surface area contributed by atoms with E-state index in [1.165, 1.54) is 22.3 Å². The molecule has 0 bridgehead atoms. The van der Waals surface area contributed by atoms with E-state index in [-0.39, 0.29) is 5.91 Å². The van der Waals surface area contributed by atoms with Crippen LogP contribution in [0.1, 0.15) is 32.6 Å². The summed E-state index contributed by atoms with van der Waals surface area (Å²) in [6.45, 7) is 4.51. The molecule has 0 atom stereocenters. The van der Waals surface area contributed by atoms with E-state index < -0.39 is 0 Å². The fourth-order valence-electron chi connectivity index (χ4n) is 3.16. The van der Waals surface area contributed by atoms with Gasteiger partial charge in [-0.25, -0.2) is 4.98 Å². The number of nitrogens with one attached hydrogen (secondary N) is 2. The summed E-state index contributed by atoms with van der Waals surface area (Å²) in [5, 5.41) is 6.16. The zero-order valence-corrected chi connectivity index (χ0v) is 14.1. The summed E-state index contributed by atoms with van der Waals surface area (Å²) in [4.78, 5) is 16.7. The molecule has 25 heavy (non-hydrogen) atoms. The van der Waals surface area contributed by atoms with Gasteiger partial charge in [0.05, 0.1) is 6.33 Å². The Bertz CT molecular complexity index is 929. The second-order valence-corrected chi connectivity index (χ2v) is 6.46. The van der Waals surface area contributed by atoms with Gasteiger partial charge in [0, 0.05) is 31.4 Å². The lowest BCUT2D eigenvalue weighted by Crippen LogP contribution is -2.12. The van der Waals surface area contributed by atoms with Gasteiger partial charge in [0.15, 0.2) is 5.82 Å². The number of aromatic nitrogens is 2. The molecule has 0 aliphatic carbocycles. The molecule has 4 rings (SSSR count). The normalized spacial score (nSPS) is 12.8. The summed E-state index contributed by atoms with van der Waals surface area (Å²) in [7, 11) is 0. The Balaban J connectivity index is 1.44. The molecular formula is C20H20N4O. The first kappa shape index (κ1) is 15.6. The number of benzene rings is 2. The molecule has 5 nitrogen and oxygen atoms in total. The molecule has 2 heterocycles. The Hall–Kier alpha value is -2.92. The molecule has 1 amide bonds. The summed E-state index contributed by atoms with van der Waals surface area (Å²) < 4.78 is 1.97. The van der Waals surface area contributed by atoms with E-state index in [9.17, 15) is 4.79 Å². The van der Waals surface area contributed by atoms with E-state index >= 15 is 0 Å². The second kappa shape index (κ2) is 6.53. The van der Waals surface area contributed by atoms with Crippen LogP contribution in [-0.2, 0) is 19.6 Å². The number of anilines is 1. The lowest BCUT2D eigenvalue weighted by atomic mass is 10.1. The minimum absolute atomic E-state index is 0.129. The molecule has 0 radical (unpaired) electrons. The van der Waals surface area contributed by atoms with Gasteiger partial charge in [-0.05, 0) is 35.7 Å². The highest BCUT2D eigenvalue weighted by Gasteiger charge is 2.14. The molecule has 2 aromatic carbocycles. The van der Waals surface area contributed by atoms with Crippen molar-refractivity contribution in [1.29, 1.82) is 0 Å². The number of nitrogens with zero attached hydrogens (tertiary/aromatic N) is 2. The van der Waals surface area contributed by atoms with Crippen LogP contribution in [0.4, 0.5) is 5.82 Å². The van der Waals surface area contributed by atoms with E-state index in [0.717, 1.165) is 19.6 Å². The van der Waals surface area contributed by atoms with Crippen LogP contribution in [0.25, 0.3) is 0 Å². The van der Waals surface area contributed by atoms with Gasteiger partial charge in [-0.2, -0.15) is 0 Å². The summed E-state index contributed by atoms with van der Waals surface area (Å²) in [5.74, 6) is 0.437. The molecular weight excluding hydrogens is 312 g/mol. The van der Waals surface area contributed by atoms with Gasteiger partial charge in [-0.15, -0.1) is 0 Å². The zero-order valence-electron chi connectivity index (χ0n) is 14.1. The average Bonchev–Trinajstić information content (AvgIpc) is 3.23. The van der Waals surface area contributed by atoms with E-state index in [1.54, 1.807) is 6.33 Å². The number of carbonyl (C=O) groups excluding carboxylic acids is 1. The zero-order chi connectivity index (χ0) is 17.2. The van der Waals surface area contributed by atoms with Crippen molar-refractivity contribution in [1.82, 2.24) is 14.9 Å². The third-order valence-corrected chi connectivity index (χ3v) is 4.42. The first-order valence-corrected chi connectivity index (χ1v) is 8.38. The molecule has 1 aliphatic heterocycles. The van der Waals surface area contributed by atoms with Crippen molar-refractivity contribution in [2.45, 2.75) is 26.6 Å². The van der Waals surface area contributed by atoms with Crippen LogP contribution in [0.5, 0.6) is 0 Å². The number of rotatable bonds is 4. The molecule has 1 aliphatic rings. The third-order valence-electron chi connectivity index (χ3n) is 4.42. The Morgan fingerprint density at radius 3 is 2.96 bits per heavy atom. The standard InChI is InChI=1S/C20H20N4O/c1-14-3-2-4-15(7-14)11-24-12-19(22-13-24)23-20(25)16-5-6-17-9-21-10-18(17)8-16/h2-8,12-13,21H,9-11H2,1H3,(H,23,25). The lowest BCUT2D eigenvalue weighted by molar-refractivity contribution is 0.102. The largest absolute Gasteiger partial charge is 0.331 e. The fourth-order valence-corrected chi connectivity index (χ4v) is 3.16. The summed E-state index contributed by atoms with van der Waals surface area (Å²) in [6.07, 6.45) is 3.60. The topological polar surface area (TPSA) is 59.0 Å². The Labute approximate surface area is 146 Å². The van der Waals surface area contributed by atoms with Crippen molar-refractivity contribution >= 4 is 11.7 Å². The molecule has 1 aromatic heterocycles. The van der Waals surface area contributed by atoms with Crippen LogP contribution < -0.4 is 10.6 Å². The van der Waals surface area contributed by atoms with E-state index in [0.29, 0.717) is 11.4 Å². The number of fused-ring (bicyclic) bond motifs is 1. The maximum atomic E-state index is 12.4. The molecule has 2 N–H and O–H groups in total. The van der Waals surface area contributed by atoms with Crippen molar-refractivity contribution in [3.63, 3.8) is 0 Å². The highest BCUT2D eigenvalue weighted by atomic mass is 16.1. The molecule has 0 saturated carbocycles. The van der Waals surface area contributed by atoms with Gasteiger partial charge in [0.1, 0.15) is 0 Å². The molecule has 0 spiro atoms. The highest BCUT2D eigenvalue weighted by Crippen LogP contribution is 2.18. The van der Waals surface area contributed by atoms with Crippen LogP contribution in [0.2, 0.25) is 0 Å². The second-order valence-electron chi connectivity index (χ2n) is 6.46. The Kier molecular flexibility index (Phi) is 4.07. The van der Waals surface area contributed by atoms with Crippen LogP contribution >= 0.6 is 0 Å². The number of carbonyl (C=O) groups is 1. The van der Waals surface area contributed by atoms with Crippen LogP contribution in [0.3, 0.4) is 0 Å². The van der Waals surface area contributed by atoms with Crippen LogP contribution in [0.15, 0.2) is 55.0 Å². The Morgan fingerprint density at radius 1 is 1.20 bits per heavy atom. The number of amides is 1. The summed E-state index contributed by atoms with van der Waals surface area (Å²) in [5.41, 5.74) is 5.56. The van der Waals surface area contributed by atoms with Crippen molar-refractivity contribution in [2.24, 2.45) is 0 Å². The quantitative estimate of drug-likeness (QED) is 0.772. The molecule has 0 saturated heterocycles. The predicted molar refractivity (Wildman–Crippen MR) is 97.4 cm³/mol. The Morgan fingerprint density at radius 2 is 2.08 bits per heavy atom. The van der Waals surface area contributed by atoms with Crippen LogP contribution in [0, 0.1) is 6.92 Å². The first-order chi connectivity index (χ1) is 12.2. The maximum absolute atomic E-state index is 12.4. The van der Waals surface area contributed by atoms with Gasteiger partial charge in [-0.3, -0.25) is 4.79 Å². The highest BCUT2D eigenvalue weighted by molar-refractivity contribution is 6.03. The van der Waals surface area contributed by atoms with Gasteiger partial charge >= 0.3 is 0 Å². The van der Waals surface area contributed by atoms with Gasteiger partial charge < -0.3 is 15.2 Å². The molecule has 5 heteroatoms. The fraction of sp³-hybridized carbons (Fsp3) is 0.200. The van der Waals surface area contributed by atoms with Crippen molar-refractivity contribution in [2.75, 3.05) is 5.32 Å². The number of imidazole rings is 1.